The van der Waals surface area contributed by atoms with Gasteiger partial charge in [-0.3, -0.25) is 9.10 Å². The van der Waals surface area contributed by atoms with Crippen LogP contribution in [0.3, 0.4) is 0 Å². The Kier molecular flexibility index (Phi) is 5.74. The number of likely N-dealkylation sites (tertiary alicyclic amines) is 1. The van der Waals surface area contributed by atoms with Gasteiger partial charge < -0.3 is 9.64 Å². The summed E-state index contributed by atoms with van der Waals surface area (Å²) in [6.45, 7) is 5.13. The lowest BCUT2D eigenvalue weighted by molar-refractivity contribution is -0.133. The minimum absolute atomic E-state index is 0.150. The Morgan fingerprint density at radius 1 is 1.33 bits per heavy atom. The van der Waals surface area contributed by atoms with E-state index in [1.54, 1.807) is 43.2 Å². The van der Waals surface area contributed by atoms with Gasteiger partial charge in [-0.15, -0.1) is 0 Å². The number of amides is 1. The fourth-order valence-electron chi connectivity index (χ4n) is 3.19. The average Bonchev–Trinajstić information content (AvgIpc) is 2.53. The molecule has 7 heteroatoms. The van der Waals surface area contributed by atoms with Gasteiger partial charge in [-0.05, 0) is 49.9 Å². The van der Waals surface area contributed by atoms with Crippen LogP contribution >= 0.6 is 0 Å². The number of anilines is 1. The fourth-order valence-corrected chi connectivity index (χ4v) is 4.35. The molecule has 0 radical (unpaired) electrons. The molecule has 2 atom stereocenters. The van der Waals surface area contributed by atoms with Crippen LogP contribution < -0.4 is 9.04 Å². The zero-order chi connectivity index (χ0) is 17.9. The van der Waals surface area contributed by atoms with E-state index in [-0.39, 0.29) is 5.91 Å². The Hall–Kier alpha value is -1.76. The van der Waals surface area contributed by atoms with Crippen molar-refractivity contribution in [1.82, 2.24) is 4.90 Å². The number of carbonyl (C=O) groups excluding carboxylic acids is 1. The lowest BCUT2D eigenvalue weighted by Gasteiger charge is -2.36. The van der Waals surface area contributed by atoms with E-state index < -0.39 is 16.1 Å². The number of hydrogen-bond donors (Lipinski definition) is 0. The minimum Gasteiger partial charge on any atom is -0.497 e. The van der Waals surface area contributed by atoms with Gasteiger partial charge in [-0.1, -0.05) is 6.92 Å². The van der Waals surface area contributed by atoms with Crippen LogP contribution in [0.5, 0.6) is 5.75 Å². The van der Waals surface area contributed by atoms with Crippen molar-refractivity contribution in [3.05, 3.63) is 24.3 Å². The summed E-state index contributed by atoms with van der Waals surface area (Å²) in [6, 6.07) is 5.91. The molecule has 1 aromatic rings. The molecule has 0 aromatic heterocycles. The first-order valence-electron chi connectivity index (χ1n) is 8.16. The third kappa shape index (κ3) is 4.20. The van der Waals surface area contributed by atoms with Crippen LogP contribution in [0.15, 0.2) is 24.3 Å². The lowest BCUT2D eigenvalue weighted by atomic mass is 10.00. The molecule has 2 rings (SSSR count). The molecule has 0 bridgehead atoms. The molecule has 0 spiro atoms. The maximum atomic E-state index is 12.8. The third-order valence-corrected chi connectivity index (χ3v) is 5.60. The van der Waals surface area contributed by atoms with E-state index in [1.165, 1.54) is 4.31 Å². The number of piperidine rings is 1. The van der Waals surface area contributed by atoms with Gasteiger partial charge in [0.05, 0.1) is 19.1 Å². The first kappa shape index (κ1) is 18.6. The predicted molar refractivity (Wildman–Crippen MR) is 94.8 cm³/mol. The number of ether oxygens (including phenoxy) is 1. The Balaban J connectivity index is 2.28. The Morgan fingerprint density at radius 3 is 2.46 bits per heavy atom. The second kappa shape index (κ2) is 7.42. The number of sulfonamides is 1. The number of hydrogen-bond acceptors (Lipinski definition) is 4. The standard InChI is InChI=1S/C17H26N2O4S/c1-13-6-5-11-18(12-13)17(20)14(2)19(24(4,21)22)15-7-9-16(23-3)10-8-15/h7-10,13-14H,5-6,11-12H2,1-4H3/t13-,14-/m0/s1. The number of methoxy groups -OCH3 is 1. The SMILES string of the molecule is COc1ccc(N([C@@H](C)C(=O)N2CCC[C@H](C)C2)S(C)(=O)=O)cc1. The van der Waals surface area contributed by atoms with Crippen molar-refractivity contribution >= 4 is 21.6 Å². The molecule has 0 aliphatic carbocycles. The molecular weight excluding hydrogens is 328 g/mol. The van der Waals surface area contributed by atoms with E-state index in [0.717, 1.165) is 19.1 Å². The van der Waals surface area contributed by atoms with E-state index in [1.807, 2.05) is 0 Å². The van der Waals surface area contributed by atoms with Crippen LogP contribution in [0.1, 0.15) is 26.7 Å². The zero-order valence-corrected chi connectivity index (χ0v) is 15.5. The molecule has 1 aliphatic heterocycles. The van der Waals surface area contributed by atoms with Crippen molar-refractivity contribution in [3.8, 4) is 5.75 Å². The van der Waals surface area contributed by atoms with Crippen LogP contribution in [0.2, 0.25) is 0 Å². The van der Waals surface area contributed by atoms with Gasteiger partial charge in [0.25, 0.3) is 0 Å². The summed E-state index contributed by atoms with van der Waals surface area (Å²) >= 11 is 0. The Morgan fingerprint density at radius 2 is 1.96 bits per heavy atom. The van der Waals surface area contributed by atoms with Crippen LogP contribution in [-0.4, -0.2) is 51.7 Å². The molecule has 1 aromatic carbocycles. The molecule has 0 unspecified atom stereocenters. The normalized spacial score (nSPS) is 19.7. The molecular formula is C17H26N2O4S. The minimum atomic E-state index is -3.59. The number of benzene rings is 1. The zero-order valence-electron chi connectivity index (χ0n) is 14.7. The maximum Gasteiger partial charge on any atom is 0.246 e. The second-order valence-corrected chi connectivity index (χ2v) is 8.32. The van der Waals surface area contributed by atoms with Crippen molar-refractivity contribution in [2.75, 3.05) is 30.8 Å². The van der Waals surface area contributed by atoms with Crippen molar-refractivity contribution in [1.29, 1.82) is 0 Å². The first-order chi connectivity index (χ1) is 11.2. The van der Waals surface area contributed by atoms with Gasteiger partial charge in [0.2, 0.25) is 15.9 Å². The van der Waals surface area contributed by atoms with Gasteiger partial charge in [-0.25, -0.2) is 8.42 Å². The number of rotatable bonds is 5. The Bertz CT molecular complexity index is 672. The summed E-state index contributed by atoms with van der Waals surface area (Å²) in [5, 5.41) is 0. The summed E-state index contributed by atoms with van der Waals surface area (Å²) in [6.07, 6.45) is 3.19. The molecule has 1 amide bonds. The molecule has 1 fully saturated rings. The summed E-state index contributed by atoms with van der Waals surface area (Å²) < 4.78 is 30.9. The molecule has 1 saturated heterocycles. The Labute approximate surface area is 144 Å². The molecule has 1 aliphatic rings. The first-order valence-corrected chi connectivity index (χ1v) is 10.0. The largest absolute Gasteiger partial charge is 0.497 e. The molecule has 0 N–H and O–H groups in total. The highest BCUT2D eigenvalue weighted by molar-refractivity contribution is 7.92. The molecule has 1 heterocycles. The van der Waals surface area contributed by atoms with Gasteiger partial charge in [0, 0.05) is 13.1 Å². The molecule has 134 valence electrons. The van der Waals surface area contributed by atoms with Crippen LogP contribution in [0, 0.1) is 5.92 Å². The quantitative estimate of drug-likeness (QED) is 0.812. The fraction of sp³-hybridized carbons (Fsp3) is 0.588. The van der Waals surface area contributed by atoms with Crippen molar-refractivity contribution < 1.29 is 17.9 Å². The third-order valence-electron chi connectivity index (χ3n) is 4.36. The molecule has 6 nitrogen and oxygen atoms in total. The van der Waals surface area contributed by atoms with Crippen LogP contribution in [0.25, 0.3) is 0 Å². The maximum absolute atomic E-state index is 12.8. The highest BCUT2D eigenvalue weighted by Gasteiger charge is 2.33. The van der Waals surface area contributed by atoms with Crippen molar-refractivity contribution in [2.45, 2.75) is 32.7 Å². The van der Waals surface area contributed by atoms with Crippen molar-refractivity contribution in [3.63, 3.8) is 0 Å². The monoisotopic (exact) mass is 354 g/mol. The highest BCUT2D eigenvalue weighted by Crippen LogP contribution is 2.25. The van der Waals surface area contributed by atoms with E-state index in [4.69, 9.17) is 4.74 Å². The second-order valence-electron chi connectivity index (χ2n) is 6.46. The predicted octanol–water partition coefficient (Wildman–Crippen LogP) is 2.11. The molecule has 0 saturated carbocycles. The number of carbonyl (C=O) groups is 1. The van der Waals surface area contributed by atoms with E-state index in [0.29, 0.717) is 30.4 Å². The van der Waals surface area contributed by atoms with Gasteiger partial charge in [0.1, 0.15) is 11.8 Å². The van der Waals surface area contributed by atoms with E-state index in [2.05, 4.69) is 6.92 Å². The molecule has 24 heavy (non-hydrogen) atoms. The van der Waals surface area contributed by atoms with Crippen molar-refractivity contribution in [2.24, 2.45) is 5.92 Å². The smallest absolute Gasteiger partial charge is 0.246 e. The summed E-state index contributed by atoms with van der Waals surface area (Å²) in [5.74, 6) is 0.932. The van der Waals surface area contributed by atoms with Gasteiger partial charge in [-0.2, -0.15) is 0 Å². The van der Waals surface area contributed by atoms with E-state index >= 15 is 0 Å². The van der Waals surface area contributed by atoms with Gasteiger partial charge >= 0.3 is 0 Å². The highest BCUT2D eigenvalue weighted by atomic mass is 32.2. The summed E-state index contributed by atoms with van der Waals surface area (Å²) in [7, 11) is -2.04. The summed E-state index contributed by atoms with van der Waals surface area (Å²) in [5.41, 5.74) is 0.462. The van der Waals surface area contributed by atoms with E-state index in [9.17, 15) is 13.2 Å². The van der Waals surface area contributed by atoms with Gasteiger partial charge in [0.15, 0.2) is 0 Å². The van der Waals surface area contributed by atoms with Crippen LogP contribution in [0.4, 0.5) is 5.69 Å². The lowest BCUT2D eigenvalue weighted by Crippen LogP contribution is -2.51. The number of nitrogens with zero attached hydrogens (tertiary/aromatic N) is 2. The summed E-state index contributed by atoms with van der Waals surface area (Å²) in [4.78, 5) is 14.6. The average molecular weight is 354 g/mol. The van der Waals surface area contributed by atoms with Crippen LogP contribution in [-0.2, 0) is 14.8 Å². The topological polar surface area (TPSA) is 66.9 Å².